The smallest absolute Gasteiger partial charge is 0.123 e. The number of methoxy groups -OCH3 is 1. The molecular formula is C16H18N2OS. The van der Waals surface area contributed by atoms with E-state index in [0.717, 1.165) is 11.3 Å². The van der Waals surface area contributed by atoms with Gasteiger partial charge in [-0.1, -0.05) is 0 Å². The van der Waals surface area contributed by atoms with Crippen LogP contribution >= 0.6 is 11.3 Å². The first-order chi connectivity index (χ1) is 9.63. The van der Waals surface area contributed by atoms with Gasteiger partial charge < -0.3 is 10.1 Å². The fourth-order valence-electron chi connectivity index (χ4n) is 2.04. The van der Waals surface area contributed by atoms with Gasteiger partial charge in [-0.05, 0) is 44.2 Å². The molecule has 0 fully saturated rings. The fraction of sp³-hybridized carbons (Fsp3) is 0.312. The second kappa shape index (κ2) is 6.56. The molecule has 0 amide bonds. The minimum atomic E-state index is 0.282. The first-order valence-corrected chi connectivity index (χ1v) is 7.32. The van der Waals surface area contributed by atoms with Crippen LogP contribution in [-0.4, -0.2) is 7.11 Å². The third-order valence-electron chi connectivity index (χ3n) is 3.20. The summed E-state index contributed by atoms with van der Waals surface area (Å²) >= 11 is 1.80. The number of nitrogens with zero attached hydrogens (tertiary/aromatic N) is 1. The van der Waals surface area contributed by atoms with Crippen molar-refractivity contribution in [3.8, 4) is 11.8 Å². The molecule has 0 aliphatic carbocycles. The lowest BCUT2D eigenvalue weighted by molar-refractivity contribution is 0.406. The molecule has 104 valence electrons. The monoisotopic (exact) mass is 286 g/mol. The highest BCUT2D eigenvalue weighted by Crippen LogP contribution is 2.24. The van der Waals surface area contributed by atoms with Gasteiger partial charge in [0.05, 0.1) is 18.7 Å². The molecule has 0 bridgehead atoms. The minimum Gasteiger partial charge on any atom is -0.496 e. The van der Waals surface area contributed by atoms with Gasteiger partial charge in [0.1, 0.15) is 5.75 Å². The third kappa shape index (κ3) is 3.38. The number of rotatable bonds is 5. The van der Waals surface area contributed by atoms with Crippen LogP contribution in [0.4, 0.5) is 0 Å². The summed E-state index contributed by atoms with van der Waals surface area (Å²) in [4.78, 5) is 2.63. The minimum absolute atomic E-state index is 0.282. The number of benzene rings is 1. The van der Waals surface area contributed by atoms with Gasteiger partial charge in [-0.25, -0.2) is 0 Å². The highest BCUT2D eigenvalue weighted by atomic mass is 32.1. The van der Waals surface area contributed by atoms with Crippen LogP contribution in [0.2, 0.25) is 0 Å². The van der Waals surface area contributed by atoms with Crippen molar-refractivity contribution in [3.05, 3.63) is 51.2 Å². The topological polar surface area (TPSA) is 45.0 Å². The van der Waals surface area contributed by atoms with Gasteiger partial charge in [0, 0.05) is 27.9 Å². The zero-order chi connectivity index (χ0) is 14.5. The van der Waals surface area contributed by atoms with Crippen molar-refractivity contribution in [1.29, 1.82) is 5.26 Å². The average molecular weight is 286 g/mol. The molecule has 1 aromatic carbocycles. The van der Waals surface area contributed by atoms with Gasteiger partial charge in [-0.2, -0.15) is 5.26 Å². The zero-order valence-electron chi connectivity index (χ0n) is 11.9. The van der Waals surface area contributed by atoms with Crippen molar-refractivity contribution in [1.82, 2.24) is 5.32 Å². The zero-order valence-corrected chi connectivity index (χ0v) is 12.8. The summed E-state index contributed by atoms with van der Waals surface area (Å²) < 4.78 is 5.34. The van der Waals surface area contributed by atoms with Crippen LogP contribution in [0.1, 0.15) is 33.8 Å². The van der Waals surface area contributed by atoms with Crippen molar-refractivity contribution >= 4 is 11.3 Å². The molecule has 0 aliphatic rings. The first-order valence-electron chi connectivity index (χ1n) is 6.50. The number of ether oxygens (including phenoxy) is 1. The molecule has 4 heteroatoms. The number of nitrogens with one attached hydrogen (secondary N) is 1. The van der Waals surface area contributed by atoms with E-state index in [-0.39, 0.29) is 6.04 Å². The van der Waals surface area contributed by atoms with Gasteiger partial charge in [0.25, 0.3) is 0 Å². The molecule has 0 radical (unpaired) electrons. The van der Waals surface area contributed by atoms with E-state index in [0.29, 0.717) is 12.1 Å². The lowest BCUT2D eigenvalue weighted by Gasteiger charge is -2.14. The van der Waals surface area contributed by atoms with Crippen LogP contribution in [0.3, 0.4) is 0 Å². The van der Waals surface area contributed by atoms with Crippen LogP contribution in [0, 0.1) is 18.3 Å². The summed E-state index contributed by atoms with van der Waals surface area (Å²) in [5, 5.41) is 12.4. The van der Waals surface area contributed by atoms with Crippen molar-refractivity contribution in [2.24, 2.45) is 0 Å². The van der Waals surface area contributed by atoms with Crippen molar-refractivity contribution in [2.45, 2.75) is 26.4 Å². The molecule has 2 aromatic rings. The van der Waals surface area contributed by atoms with Crippen molar-refractivity contribution in [2.75, 3.05) is 7.11 Å². The normalized spacial score (nSPS) is 11.9. The molecule has 0 spiro atoms. The van der Waals surface area contributed by atoms with Gasteiger partial charge >= 0.3 is 0 Å². The summed E-state index contributed by atoms with van der Waals surface area (Å²) in [6, 6.07) is 12.2. The van der Waals surface area contributed by atoms with E-state index < -0.39 is 0 Å². The number of aryl methyl sites for hydroxylation is 1. The Hall–Kier alpha value is -1.83. The maximum absolute atomic E-state index is 8.97. The Labute approximate surface area is 123 Å². The lowest BCUT2D eigenvalue weighted by atomic mass is 10.1. The molecule has 1 aromatic heterocycles. The van der Waals surface area contributed by atoms with E-state index in [4.69, 9.17) is 10.00 Å². The predicted molar refractivity (Wildman–Crippen MR) is 82.0 cm³/mol. The Morgan fingerprint density at radius 3 is 2.75 bits per heavy atom. The van der Waals surface area contributed by atoms with E-state index in [2.05, 4.69) is 37.4 Å². The van der Waals surface area contributed by atoms with Crippen LogP contribution in [0.5, 0.6) is 5.75 Å². The Morgan fingerprint density at radius 1 is 1.35 bits per heavy atom. The molecule has 0 saturated heterocycles. The number of thiophene rings is 1. The first kappa shape index (κ1) is 14.6. The quantitative estimate of drug-likeness (QED) is 0.909. The Bertz CT molecular complexity index is 628. The highest BCUT2D eigenvalue weighted by molar-refractivity contribution is 7.12. The van der Waals surface area contributed by atoms with Crippen molar-refractivity contribution in [3.63, 3.8) is 0 Å². The summed E-state index contributed by atoms with van der Waals surface area (Å²) in [5.41, 5.74) is 1.66. The van der Waals surface area contributed by atoms with E-state index in [1.54, 1.807) is 24.5 Å². The Morgan fingerprint density at radius 2 is 2.15 bits per heavy atom. The van der Waals surface area contributed by atoms with Gasteiger partial charge in [-0.3, -0.25) is 0 Å². The van der Waals surface area contributed by atoms with Gasteiger partial charge in [-0.15, -0.1) is 11.3 Å². The standard InChI is InChI=1S/C16H18N2OS/c1-11-4-7-16(20-11)12(2)18-10-14-8-13(9-17)5-6-15(14)19-3/h4-8,12,18H,10H2,1-3H3. The Balaban J connectivity index is 2.08. The summed E-state index contributed by atoms with van der Waals surface area (Å²) in [5.74, 6) is 0.811. The molecule has 2 rings (SSSR count). The maximum atomic E-state index is 8.97. The van der Waals surface area contributed by atoms with Crippen molar-refractivity contribution < 1.29 is 4.74 Å². The second-order valence-electron chi connectivity index (χ2n) is 4.69. The van der Waals surface area contributed by atoms with Crippen LogP contribution in [0.15, 0.2) is 30.3 Å². The van der Waals surface area contributed by atoms with Gasteiger partial charge in [0.2, 0.25) is 0 Å². The molecule has 20 heavy (non-hydrogen) atoms. The molecule has 3 nitrogen and oxygen atoms in total. The molecular weight excluding hydrogens is 268 g/mol. The SMILES string of the molecule is COc1ccc(C#N)cc1CNC(C)c1ccc(C)s1. The lowest BCUT2D eigenvalue weighted by Crippen LogP contribution is -2.17. The van der Waals surface area contributed by atoms with E-state index in [9.17, 15) is 0 Å². The highest BCUT2D eigenvalue weighted by Gasteiger charge is 2.09. The Kier molecular flexibility index (Phi) is 4.78. The van der Waals surface area contributed by atoms with Crippen LogP contribution in [0.25, 0.3) is 0 Å². The summed E-state index contributed by atoms with van der Waals surface area (Å²) in [7, 11) is 1.65. The largest absolute Gasteiger partial charge is 0.496 e. The summed E-state index contributed by atoms with van der Waals surface area (Å²) in [6.07, 6.45) is 0. The van der Waals surface area contributed by atoms with Crippen LogP contribution < -0.4 is 10.1 Å². The third-order valence-corrected chi connectivity index (χ3v) is 4.38. The molecule has 1 unspecified atom stereocenters. The molecule has 0 aliphatic heterocycles. The predicted octanol–water partition coefficient (Wildman–Crippen LogP) is 3.79. The number of hydrogen-bond donors (Lipinski definition) is 1. The fourth-order valence-corrected chi connectivity index (χ4v) is 2.94. The average Bonchev–Trinajstić information content (AvgIpc) is 2.91. The molecule has 1 heterocycles. The van der Waals surface area contributed by atoms with E-state index in [1.165, 1.54) is 9.75 Å². The number of nitriles is 1. The molecule has 0 saturated carbocycles. The van der Waals surface area contributed by atoms with Gasteiger partial charge in [0.15, 0.2) is 0 Å². The molecule has 1 N–H and O–H groups in total. The second-order valence-corrected chi connectivity index (χ2v) is 6.01. The van der Waals surface area contributed by atoms with E-state index >= 15 is 0 Å². The summed E-state index contributed by atoms with van der Waals surface area (Å²) in [6.45, 7) is 4.93. The number of hydrogen-bond acceptors (Lipinski definition) is 4. The van der Waals surface area contributed by atoms with Crippen LogP contribution in [-0.2, 0) is 6.54 Å². The van der Waals surface area contributed by atoms with E-state index in [1.807, 2.05) is 12.1 Å². The molecule has 1 atom stereocenters. The maximum Gasteiger partial charge on any atom is 0.123 e.